The van der Waals surface area contributed by atoms with E-state index in [0.717, 1.165) is 23.6 Å². The second-order valence-electron chi connectivity index (χ2n) is 5.98. The minimum Gasteiger partial charge on any atom is -0.507 e. The van der Waals surface area contributed by atoms with E-state index in [4.69, 9.17) is 0 Å². The van der Waals surface area contributed by atoms with Gasteiger partial charge in [0.25, 0.3) is 0 Å². The van der Waals surface area contributed by atoms with E-state index in [0.29, 0.717) is 12.0 Å². The molecule has 0 aliphatic heterocycles. The molecule has 0 spiro atoms. The molecule has 2 aromatic carbocycles. The van der Waals surface area contributed by atoms with Gasteiger partial charge in [-0.05, 0) is 17.9 Å². The molecule has 2 rings (SSSR count). The third-order valence-electron chi connectivity index (χ3n) is 4.21. The molecule has 0 amide bonds. The van der Waals surface area contributed by atoms with Gasteiger partial charge < -0.3 is 5.11 Å². The maximum Gasteiger partial charge on any atom is 0.166 e. The van der Waals surface area contributed by atoms with E-state index in [1.54, 1.807) is 6.07 Å². The smallest absolute Gasteiger partial charge is 0.166 e. The Morgan fingerprint density at radius 3 is 2.36 bits per heavy atom. The zero-order chi connectivity index (χ0) is 15.8. The summed E-state index contributed by atoms with van der Waals surface area (Å²) >= 11 is 0. The van der Waals surface area contributed by atoms with Crippen molar-refractivity contribution in [3.8, 4) is 5.75 Å². The van der Waals surface area contributed by atoms with Crippen LogP contribution in [0.2, 0.25) is 0 Å². The fraction of sp³-hybridized carbons (Fsp3) is 0.450. The molecule has 2 aromatic rings. The van der Waals surface area contributed by atoms with Gasteiger partial charge >= 0.3 is 0 Å². The minimum absolute atomic E-state index is 0.0526. The molecule has 2 nitrogen and oxygen atoms in total. The summed E-state index contributed by atoms with van der Waals surface area (Å²) in [4.78, 5) is 12.3. The van der Waals surface area contributed by atoms with Gasteiger partial charge in [-0.2, -0.15) is 0 Å². The fourth-order valence-corrected chi connectivity index (χ4v) is 2.86. The number of ketones is 1. The highest BCUT2D eigenvalue weighted by atomic mass is 16.3. The molecule has 22 heavy (non-hydrogen) atoms. The Kier molecular flexibility index (Phi) is 6.45. The summed E-state index contributed by atoms with van der Waals surface area (Å²) in [5, 5.41) is 12.0. The number of aromatic hydroxyl groups is 1. The van der Waals surface area contributed by atoms with Crippen molar-refractivity contribution in [3.05, 3.63) is 42.0 Å². The van der Waals surface area contributed by atoms with E-state index in [9.17, 15) is 9.90 Å². The molecule has 0 aromatic heterocycles. The molecule has 0 aliphatic carbocycles. The van der Waals surface area contributed by atoms with E-state index < -0.39 is 0 Å². The summed E-state index contributed by atoms with van der Waals surface area (Å²) < 4.78 is 0. The number of fused-ring (bicyclic) bond motifs is 1. The summed E-state index contributed by atoms with van der Waals surface area (Å²) in [6.07, 6.45) is 8.89. The van der Waals surface area contributed by atoms with Crippen LogP contribution < -0.4 is 0 Å². The van der Waals surface area contributed by atoms with Crippen molar-refractivity contribution < 1.29 is 9.90 Å². The third kappa shape index (κ3) is 4.33. The summed E-state index contributed by atoms with van der Waals surface area (Å²) in [6, 6.07) is 11.3. The first-order valence-corrected chi connectivity index (χ1v) is 8.48. The number of Topliss-reactive ketones (excluding diaryl/α,β-unsaturated/α-hetero) is 1. The number of phenols is 1. The lowest BCUT2D eigenvalue weighted by Gasteiger charge is -2.07. The predicted octanol–water partition coefficient (Wildman–Crippen LogP) is 5.87. The Morgan fingerprint density at radius 1 is 0.909 bits per heavy atom. The van der Waals surface area contributed by atoms with E-state index in [-0.39, 0.29) is 11.5 Å². The van der Waals surface area contributed by atoms with Crippen LogP contribution in [0.25, 0.3) is 10.8 Å². The number of phenolic OH excluding ortho intramolecular Hbond substituents is 1. The van der Waals surface area contributed by atoms with Gasteiger partial charge in [0.1, 0.15) is 5.75 Å². The lowest BCUT2D eigenvalue weighted by Crippen LogP contribution is -1.99. The maximum atomic E-state index is 12.3. The molecule has 0 aliphatic rings. The first kappa shape index (κ1) is 16.5. The van der Waals surface area contributed by atoms with Crippen molar-refractivity contribution >= 4 is 16.6 Å². The molecule has 0 saturated heterocycles. The van der Waals surface area contributed by atoms with E-state index in [2.05, 4.69) is 6.92 Å². The van der Waals surface area contributed by atoms with Crippen LogP contribution in [0.15, 0.2) is 36.4 Å². The van der Waals surface area contributed by atoms with Crippen LogP contribution in [0.4, 0.5) is 0 Å². The number of hydrogen-bond donors (Lipinski definition) is 1. The van der Waals surface area contributed by atoms with Crippen molar-refractivity contribution in [1.82, 2.24) is 0 Å². The Labute approximate surface area is 133 Å². The minimum atomic E-state index is 0.0526. The number of carbonyl (C=O) groups is 1. The van der Waals surface area contributed by atoms with E-state index in [1.165, 1.54) is 32.1 Å². The van der Waals surface area contributed by atoms with Crippen LogP contribution in [0.5, 0.6) is 5.75 Å². The molecule has 0 radical (unpaired) electrons. The van der Waals surface area contributed by atoms with Gasteiger partial charge in [0.2, 0.25) is 0 Å². The standard InChI is InChI=1S/C20H26O2/c1-2-3-4-5-6-7-8-13-19(21)18-15-14-16-11-9-10-12-17(16)20(18)22/h9-12,14-15,22H,2-8,13H2,1H3. The van der Waals surface area contributed by atoms with Crippen LogP contribution in [0.1, 0.15) is 68.6 Å². The molecule has 0 atom stereocenters. The van der Waals surface area contributed by atoms with Gasteiger partial charge in [-0.15, -0.1) is 0 Å². The lowest BCUT2D eigenvalue weighted by molar-refractivity contribution is 0.0977. The summed E-state index contributed by atoms with van der Waals surface area (Å²) in [5.41, 5.74) is 0.463. The van der Waals surface area contributed by atoms with E-state index >= 15 is 0 Å². The molecule has 0 unspecified atom stereocenters. The quantitative estimate of drug-likeness (QED) is 0.464. The van der Waals surface area contributed by atoms with Crippen molar-refractivity contribution in [3.63, 3.8) is 0 Å². The van der Waals surface area contributed by atoms with Gasteiger partial charge in [0, 0.05) is 11.8 Å². The van der Waals surface area contributed by atoms with Crippen LogP contribution >= 0.6 is 0 Å². The summed E-state index contributed by atoms with van der Waals surface area (Å²) in [6.45, 7) is 2.22. The van der Waals surface area contributed by atoms with E-state index in [1.807, 2.05) is 30.3 Å². The SMILES string of the molecule is CCCCCCCCCC(=O)c1ccc2ccccc2c1O. The summed E-state index contributed by atoms with van der Waals surface area (Å²) in [7, 11) is 0. The Hall–Kier alpha value is -1.83. The molecule has 1 N–H and O–H groups in total. The van der Waals surface area contributed by atoms with Crippen LogP contribution in [-0.4, -0.2) is 10.9 Å². The number of unbranched alkanes of at least 4 members (excludes halogenated alkanes) is 6. The highest BCUT2D eigenvalue weighted by Gasteiger charge is 2.13. The third-order valence-corrected chi connectivity index (χ3v) is 4.21. The normalized spacial score (nSPS) is 11.0. The van der Waals surface area contributed by atoms with Crippen molar-refractivity contribution in [1.29, 1.82) is 0 Å². The van der Waals surface area contributed by atoms with Gasteiger partial charge in [-0.25, -0.2) is 0 Å². The Balaban J connectivity index is 1.86. The molecule has 0 bridgehead atoms. The Morgan fingerprint density at radius 2 is 1.59 bits per heavy atom. The Bertz CT molecular complexity index is 616. The van der Waals surface area contributed by atoms with Crippen LogP contribution in [0, 0.1) is 0 Å². The molecule has 2 heteroatoms. The molecule has 0 heterocycles. The van der Waals surface area contributed by atoms with Crippen LogP contribution in [0.3, 0.4) is 0 Å². The number of rotatable bonds is 9. The fourth-order valence-electron chi connectivity index (χ4n) is 2.86. The van der Waals surface area contributed by atoms with Gasteiger partial charge in [-0.1, -0.05) is 75.8 Å². The second kappa shape index (κ2) is 8.57. The monoisotopic (exact) mass is 298 g/mol. The van der Waals surface area contributed by atoms with Gasteiger partial charge in [0.05, 0.1) is 5.56 Å². The van der Waals surface area contributed by atoms with Crippen molar-refractivity contribution in [2.24, 2.45) is 0 Å². The molecular formula is C20H26O2. The zero-order valence-corrected chi connectivity index (χ0v) is 13.5. The first-order chi connectivity index (χ1) is 10.7. The predicted molar refractivity (Wildman–Crippen MR) is 92.6 cm³/mol. The van der Waals surface area contributed by atoms with Crippen LogP contribution in [-0.2, 0) is 0 Å². The molecule has 0 fully saturated rings. The largest absolute Gasteiger partial charge is 0.507 e. The number of carbonyl (C=O) groups excluding carboxylic acids is 1. The molecular weight excluding hydrogens is 272 g/mol. The highest BCUT2D eigenvalue weighted by molar-refractivity contribution is 6.04. The average Bonchev–Trinajstić information content (AvgIpc) is 2.54. The first-order valence-electron chi connectivity index (χ1n) is 8.48. The average molecular weight is 298 g/mol. The zero-order valence-electron chi connectivity index (χ0n) is 13.5. The highest BCUT2D eigenvalue weighted by Crippen LogP contribution is 2.29. The molecule has 0 saturated carbocycles. The number of hydrogen-bond acceptors (Lipinski definition) is 2. The second-order valence-corrected chi connectivity index (χ2v) is 5.98. The lowest BCUT2D eigenvalue weighted by atomic mass is 9.99. The van der Waals surface area contributed by atoms with Gasteiger partial charge in [-0.3, -0.25) is 4.79 Å². The topological polar surface area (TPSA) is 37.3 Å². The molecule has 118 valence electrons. The van der Waals surface area contributed by atoms with Crippen molar-refractivity contribution in [2.75, 3.05) is 0 Å². The van der Waals surface area contributed by atoms with Gasteiger partial charge in [0.15, 0.2) is 5.78 Å². The maximum absolute atomic E-state index is 12.3. The van der Waals surface area contributed by atoms with Crippen molar-refractivity contribution in [2.45, 2.75) is 58.3 Å². The number of benzene rings is 2. The summed E-state index contributed by atoms with van der Waals surface area (Å²) in [5.74, 6) is 0.183.